The third kappa shape index (κ3) is 4.89. The Morgan fingerprint density at radius 2 is 2.00 bits per heavy atom. The number of hydrogen-bond donors (Lipinski definition) is 0. The van der Waals surface area contributed by atoms with Crippen LogP contribution in [0.15, 0.2) is 35.7 Å². The Balaban J connectivity index is 1.46. The van der Waals surface area contributed by atoms with Crippen molar-refractivity contribution in [3.63, 3.8) is 0 Å². The number of thiazole rings is 1. The molecule has 0 saturated carbocycles. The van der Waals surface area contributed by atoms with Crippen LogP contribution >= 0.6 is 11.3 Å². The zero-order valence-electron chi connectivity index (χ0n) is 14.3. The maximum Gasteiger partial charge on any atom is 0.222 e. The van der Waals surface area contributed by atoms with Gasteiger partial charge in [0.1, 0.15) is 0 Å². The maximum absolute atomic E-state index is 12.5. The molecule has 5 heteroatoms. The van der Waals surface area contributed by atoms with E-state index in [2.05, 4.69) is 27.4 Å². The van der Waals surface area contributed by atoms with Crippen molar-refractivity contribution in [3.8, 4) is 0 Å². The minimum Gasteiger partial charge on any atom is -0.341 e. The van der Waals surface area contributed by atoms with Crippen LogP contribution < -0.4 is 0 Å². The molecule has 1 saturated heterocycles. The second kappa shape index (κ2) is 8.40. The summed E-state index contributed by atoms with van der Waals surface area (Å²) in [6.45, 7) is 6.63. The summed E-state index contributed by atoms with van der Waals surface area (Å²) >= 11 is 1.71. The molecule has 1 aliphatic heterocycles. The van der Waals surface area contributed by atoms with Gasteiger partial charge in [0.05, 0.1) is 10.7 Å². The predicted octanol–water partition coefficient (Wildman–Crippen LogP) is 3.12. The SMILES string of the molecule is Cc1nc(CN2CCCN(C(=O)CCc3ccccc3)CC2)cs1. The average molecular weight is 343 g/mol. The van der Waals surface area contributed by atoms with Gasteiger partial charge in [-0.15, -0.1) is 11.3 Å². The van der Waals surface area contributed by atoms with Crippen LogP contribution in [0.4, 0.5) is 0 Å². The number of carbonyl (C=O) groups excluding carboxylic acids is 1. The lowest BCUT2D eigenvalue weighted by Gasteiger charge is -2.21. The molecule has 0 radical (unpaired) electrons. The Morgan fingerprint density at radius 1 is 1.17 bits per heavy atom. The van der Waals surface area contributed by atoms with E-state index in [4.69, 9.17) is 0 Å². The van der Waals surface area contributed by atoms with E-state index >= 15 is 0 Å². The summed E-state index contributed by atoms with van der Waals surface area (Å²) in [6, 6.07) is 10.3. The highest BCUT2D eigenvalue weighted by atomic mass is 32.1. The predicted molar refractivity (Wildman–Crippen MR) is 98.1 cm³/mol. The van der Waals surface area contributed by atoms with Gasteiger partial charge in [-0.2, -0.15) is 0 Å². The summed E-state index contributed by atoms with van der Waals surface area (Å²) in [6.07, 6.45) is 2.48. The lowest BCUT2D eigenvalue weighted by molar-refractivity contribution is -0.131. The highest BCUT2D eigenvalue weighted by molar-refractivity contribution is 7.09. The molecule has 128 valence electrons. The molecule has 0 atom stereocenters. The second-order valence-corrected chi connectivity index (χ2v) is 7.42. The zero-order chi connectivity index (χ0) is 16.8. The van der Waals surface area contributed by atoms with Gasteiger partial charge in [0, 0.05) is 44.5 Å². The van der Waals surface area contributed by atoms with Gasteiger partial charge in [0.25, 0.3) is 0 Å². The van der Waals surface area contributed by atoms with Crippen molar-refractivity contribution in [2.45, 2.75) is 32.7 Å². The van der Waals surface area contributed by atoms with Crippen molar-refractivity contribution in [3.05, 3.63) is 52.0 Å². The normalized spacial score (nSPS) is 16.1. The van der Waals surface area contributed by atoms with Gasteiger partial charge in [-0.05, 0) is 25.3 Å². The van der Waals surface area contributed by atoms with Crippen LogP contribution in [0.2, 0.25) is 0 Å². The Labute approximate surface area is 148 Å². The van der Waals surface area contributed by atoms with E-state index in [1.807, 2.05) is 30.0 Å². The maximum atomic E-state index is 12.5. The number of nitrogens with zero attached hydrogens (tertiary/aromatic N) is 3. The fraction of sp³-hybridized carbons (Fsp3) is 0.474. The number of hydrogen-bond acceptors (Lipinski definition) is 4. The molecule has 1 aliphatic rings. The summed E-state index contributed by atoms with van der Waals surface area (Å²) in [5.74, 6) is 0.283. The molecule has 1 fully saturated rings. The van der Waals surface area contributed by atoms with Gasteiger partial charge in [-0.3, -0.25) is 9.69 Å². The van der Waals surface area contributed by atoms with Crippen LogP contribution in [0.3, 0.4) is 0 Å². The van der Waals surface area contributed by atoms with Crippen LogP contribution in [-0.4, -0.2) is 46.9 Å². The highest BCUT2D eigenvalue weighted by Gasteiger charge is 2.19. The molecule has 4 nitrogen and oxygen atoms in total. The summed E-state index contributed by atoms with van der Waals surface area (Å²) in [7, 11) is 0. The average Bonchev–Trinajstić information content (AvgIpc) is 2.86. The third-order valence-corrected chi connectivity index (χ3v) is 5.29. The number of aromatic nitrogens is 1. The standard InChI is InChI=1S/C19H25N3OS/c1-16-20-18(15-24-16)14-21-10-5-11-22(13-12-21)19(23)9-8-17-6-3-2-4-7-17/h2-4,6-7,15H,5,8-14H2,1H3. The van der Waals surface area contributed by atoms with Crippen molar-refractivity contribution in [2.75, 3.05) is 26.2 Å². The van der Waals surface area contributed by atoms with E-state index in [1.165, 1.54) is 5.56 Å². The van der Waals surface area contributed by atoms with E-state index < -0.39 is 0 Å². The molecule has 1 aromatic carbocycles. The van der Waals surface area contributed by atoms with E-state index in [9.17, 15) is 4.79 Å². The summed E-state index contributed by atoms with van der Waals surface area (Å²) in [5.41, 5.74) is 2.39. The first-order valence-corrected chi connectivity index (χ1v) is 9.54. The molecule has 0 N–H and O–H groups in total. The molecule has 2 aromatic rings. The van der Waals surface area contributed by atoms with Gasteiger partial charge in [-0.25, -0.2) is 4.98 Å². The van der Waals surface area contributed by atoms with Crippen LogP contribution in [0.1, 0.15) is 29.1 Å². The fourth-order valence-electron chi connectivity index (χ4n) is 3.14. The Morgan fingerprint density at radius 3 is 2.75 bits per heavy atom. The molecular weight excluding hydrogens is 318 g/mol. The van der Waals surface area contributed by atoms with Crippen molar-refractivity contribution in [1.82, 2.24) is 14.8 Å². The highest BCUT2D eigenvalue weighted by Crippen LogP contribution is 2.13. The second-order valence-electron chi connectivity index (χ2n) is 6.35. The van der Waals surface area contributed by atoms with Crippen LogP contribution in [-0.2, 0) is 17.8 Å². The Kier molecular flexibility index (Phi) is 5.99. The van der Waals surface area contributed by atoms with Crippen molar-refractivity contribution < 1.29 is 4.79 Å². The van der Waals surface area contributed by atoms with Gasteiger partial charge in [0.2, 0.25) is 5.91 Å². The Bertz CT molecular complexity index is 656. The first kappa shape index (κ1) is 17.1. The number of aryl methyl sites for hydroxylation is 2. The Hall–Kier alpha value is -1.72. The number of carbonyl (C=O) groups is 1. The van der Waals surface area contributed by atoms with E-state index in [1.54, 1.807) is 11.3 Å². The van der Waals surface area contributed by atoms with Crippen molar-refractivity contribution in [1.29, 1.82) is 0 Å². The van der Waals surface area contributed by atoms with Gasteiger partial charge in [-0.1, -0.05) is 30.3 Å². The van der Waals surface area contributed by atoms with Gasteiger partial charge >= 0.3 is 0 Å². The lowest BCUT2D eigenvalue weighted by atomic mass is 10.1. The number of rotatable bonds is 5. The van der Waals surface area contributed by atoms with E-state index in [0.29, 0.717) is 6.42 Å². The monoisotopic (exact) mass is 343 g/mol. The lowest BCUT2D eigenvalue weighted by Crippen LogP contribution is -2.35. The first-order chi connectivity index (χ1) is 11.7. The van der Waals surface area contributed by atoms with Crippen molar-refractivity contribution in [2.24, 2.45) is 0 Å². The van der Waals surface area contributed by atoms with Crippen LogP contribution in [0, 0.1) is 6.92 Å². The quantitative estimate of drug-likeness (QED) is 0.837. The molecule has 0 unspecified atom stereocenters. The topological polar surface area (TPSA) is 36.4 Å². The largest absolute Gasteiger partial charge is 0.341 e. The molecule has 3 rings (SSSR count). The number of amides is 1. The van der Waals surface area contributed by atoms with Crippen LogP contribution in [0.25, 0.3) is 0 Å². The van der Waals surface area contributed by atoms with E-state index in [-0.39, 0.29) is 5.91 Å². The molecule has 1 amide bonds. The smallest absolute Gasteiger partial charge is 0.222 e. The molecule has 0 spiro atoms. The molecule has 2 heterocycles. The summed E-state index contributed by atoms with van der Waals surface area (Å²) < 4.78 is 0. The molecular formula is C19H25N3OS. The number of benzene rings is 1. The fourth-order valence-corrected chi connectivity index (χ4v) is 3.75. The summed E-state index contributed by atoms with van der Waals surface area (Å²) in [5, 5.41) is 3.26. The zero-order valence-corrected chi connectivity index (χ0v) is 15.1. The first-order valence-electron chi connectivity index (χ1n) is 8.66. The molecule has 1 aromatic heterocycles. The minimum atomic E-state index is 0.283. The third-order valence-electron chi connectivity index (χ3n) is 4.46. The molecule has 0 aliphatic carbocycles. The minimum absolute atomic E-state index is 0.283. The van der Waals surface area contributed by atoms with Gasteiger partial charge < -0.3 is 4.90 Å². The van der Waals surface area contributed by atoms with Gasteiger partial charge in [0.15, 0.2) is 0 Å². The van der Waals surface area contributed by atoms with Crippen molar-refractivity contribution >= 4 is 17.2 Å². The molecule has 0 bridgehead atoms. The van der Waals surface area contributed by atoms with Crippen LogP contribution in [0.5, 0.6) is 0 Å². The van der Waals surface area contributed by atoms with E-state index in [0.717, 1.165) is 56.3 Å². The molecule has 24 heavy (non-hydrogen) atoms. The summed E-state index contributed by atoms with van der Waals surface area (Å²) in [4.78, 5) is 21.5.